The Morgan fingerprint density at radius 1 is 0.957 bits per heavy atom. The molecule has 2 heterocycles. The van der Waals surface area contributed by atoms with Crippen molar-refractivity contribution in [1.29, 1.82) is 0 Å². The number of rotatable bonds is 4. The monoisotopic (exact) mass is 300 g/mol. The van der Waals surface area contributed by atoms with Crippen LogP contribution in [0.3, 0.4) is 0 Å². The second-order valence-corrected chi connectivity index (χ2v) is 5.38. The predicted octanol–water partition coefficient (Wildman–Crippen LogP) is 4.01. The Hall–Kier alpha value is -3.14. The zero-order valence-corrected chi connectivity index (χ0v) is 12.6. The highest BCUT2D eigenvalue weighted by Gasteiger charge is 2.03. The number of nitrogens with zero attached hydrogens (tertiary/aromatic N) is 3. The molecule has 0 saturated heterocycles. The van der Waals surface area contributed by atoms with E-state index in [9.17, 15) is 0 Å². The second-order valence-electron chi connectivity index (χ2n) is 5.38. The van der Waals surface area contributed by atoms with Crippen LogP contribution in [0.4, 0.5) is 5.82 Å². The third-order valence-corrected chi connectivity index (χ3v) is 3.83. The van der Waals surface area contributed by atoms with Gasteiger partial charge in [-0.1, -0.05) is 48.5 Å². The first kappa shape index (κ1) is 13.5. The highest BCUT2D eigenvalue weighted by Crippen LogP contribution is 2.21. The van der Waals surface area contributed by atoms with Gasteiger partial charge in [-0.3, -0.25) is 0 Å². The molecule has 1 N–H and O–H groups in total. The lowest BCUT2D eigenvalue weighted by molar-refractivity contribution is 1.07. The lowest BCUT2D eigenvalue weighted by Crippen LogP contribution is -2.03. The number of aromatic nitrogens is 3. The average Bonchev–Trinajstić information content (AvgIpc) is 3.10. The molecule has 4 aromatic rings. The molecule has 0 unspecified atom stereocenters. The molecule has 0 spiro atoms. The van der Waals surface area contributed by atoms with Gasteiger partial charge < -0.3 is 9.72 Å². The van der Waals surface area contributed by atoms with Crippen molar-refractivity contribution >= 4 is 11.3 Å². The molecule has 0 aliphatic carbocycles. The quantitative estimate of drug-likeness (QED) is 0.619. The third kappa shape index (κ3) is 2.79. The van der Waals surface area contributed by atoms with E-state index in [2.05, 4.69) is 63.8 Å². The van der Waals surface area contributed by atoms with Gasteiger partial charge in [-0.2, -0.15) is 0 Å². The van der Waals surface area contributed by atoms with E-state index in [4.69, 9.17) is 0 Å². The lowest BCUT2D eigenvalue weighted by atomic mass is 10.0. The van der Waals surface area contributed by atoms with Crippen LogP contribution in [0.5, 0.6) is 0 Å². The van der Waals surface area contributed by atoms with Crippen molar-refractivity contribution < 1.29 is 0 Å². The van der Waals surface area contributed by atoms with E-state index in [0.717, 1.165) is 17.9 Å². The number of benzene rings is 2. The number of anilines is 1. The molecule has 2 aromatic heterocycles. The summed E-state index contributed by atoms with van der Waals surface area (Å²) < 4.78 is 1.95. The molecule has 0 fully saturated rings. The van der Waals surface area contributed by atoms with Crippen LogP contribution in [0.1, 0.15) is 5.56 Å². The van der Waals surface area contributed by atoms with E-state index < -0.39 is 0 Å². The Morgan fingerprint density at radius 2 is 1.83 bits per heavy atom. The minimum absolute atomic E-state index is 0.721. The van der Waals surface area contributed by atoms with Gasteiger partial charge in [0.2, 0.25) is 0 Å². The maximum atomic E-state index is 4.40. The number of imidazole rings is 1. The summed E-state index contributed by atoms with van der Waals surface area (Å²) in [7, 11) is 0. The van der Waals surface area contributed by atoms with Gasteiger partial charge in [0.25, 0.3) is 0 Å². The molecule has 2 aromatic carbocycles. The van der Waals surface area contributed by atoms with Crippen molar-refractivity contribution in [2.75, 3.05) is 5.32 Å². The van der Waals surface area contributed by atoms with Crippen molar-refractivity contribution in [3.8, 4) is 11.1 Å². The average molecular weight is 300 g/mol. The zero-order valence-electron chi connectivity index (χ0n) is 12.6. The zero-order chi connectivity index (χ0) is 15.5. The minimum atomic E-state index is 0.721. The molecule has 0 bridgehead atoms. The second kappa shape index (κ2) is 5.93. The first-order valence-electron chi connectivity index (χ1n) is 7.55. The van der Waals surface area contributed by atoms with Crippen molar-refractivity contribution in [3.05, 3.63) is 85.1 Å². The minimum Gasteiger partial charge on any atom is -0.364 e. The molecular formula is C19H16N4. The van der Waals surface area contributed by atoms with E-state index in [-0.39, 0.29) is 0 Å². The van der Waals surface area contributed by atoms with Gasteiger partial charge in [0.05, 0.1) is 12.5 Å². The first-order chi connectivity index (χ1) is 11.4. The summed E-state index contributed by atoms with van der Waals surface area (Å²) in [6, 6.07) is 19.0. The van der Waals surface area contributed by atoms with Crippen molar-refractivity contribution in [1.82, 2.24) is 14.4 Å². The summed E-state index contributed by atoms with van der Waals surface area (Å²) >= 11 is 0. The van der Waals surface area contributed by atoms with Crippen LogP contribution in [-0.2, 0) is 6.54 Å². The standard InChI is InChI=1S/C19H16N4/c1-2-6-16(7-3-1)17-8-4-5-15(11-17)12-22-19-18-13-20-14-23(18)10-9-21-19/h1-11,13-14H,12H2,(H,21,22). The van der Waals surface area contributed by atoms with Crippen LogP contribution >= 0.6 is 0 Å². The Bertz CT molecular complexity index is 928. The number of hydrogen-bond acceptors (Lipinski definition) is 3. The van der Waals surface area contributed by atoms with Crippen molar-refractivity contribution in [2.45, 2.75) is 6.54 Å². The van der Waals surface area contributed by atoms with Crippen LogP contribution in [0.15, 0.2) is 79.5 Å². The van der Waals surface area contributed by atoms with Gasteiger partial charge >= 0.3 is 0 Å². The van der Waals surface area contributed by atoms with E-state index in [1.807, 2.05) is 22.9 Å². The topological polar surface area (TPSA) is 42.2 Å². The fourth-order valence-electron chi connectivity index (χ4n) is 2.67. The van der Waals surface area contributed by atoms with Crippen LogP contribution < -0.4 is 5.32 Å². The Balaban J connectivity index is 1.57. The number of fused-ring (bicyclic) bond motifs is 1. The van der Waals surface area contributed by atoms with E-state index in [1.165, 1.54) is 16.7 Å². The molecule has 4 nitrogen and oxygen atoms in total. The summed E-state index contributed by atoms with van der Waals surface area (Å²) in [6.45, 7) is 0.721. The summed E-state index contributed by atoms with van der Waals surface area (Å²) in [6.07, 6.45) is 7.26. The van der Waals surface area contributed by atoms with Crippen LogP contribution in [0, 0.1) is 0 Å². The molecule has 0 atom stereocenters. The molecule has 4 rings (SSSR count). The van der Waals surface area contributed by atoms with E-state index in [1.54, 1.807) is 12.5 Å². The molecule has 0 amide bonds. The molecule has 23 heavy (non-hydrogen) atoms. The van der Waals surface area contributed by atoms with Crippen LogP contribution in [-0.4, -0.2) is 14.4 Å². The number of nitrogens with one attached hydrogen (secondary N) is 1. The predicted molar refractivity (Wildman–Crippen MR) is 92.2 cm³/mol. The van der Waals surface area contributed by atoms with Gasteiger partial charge in [0.15, 0.2) is 5.82 Å². The summed E-state index contributed by atoms with van der Waals surface area (Å²) in [5.41, 5.74) is 4.65. The normalized spacial score (nSPS) is 10.8. The molecule has 112 valence electrons. The summed E-state index contributed by atoms with van der Waals surface area (Å²) in [4.78, 5) is 8.56. The largest absolute Gasteiger partial charge is 0.364 e. The Morgan fingerprint density at radius 3 is 2.74 bits per heavy atom. The highest BCUT2D eigenvalue weighted by atomic mass is 15.1. The van der Waals surface area contributed by atoms with E-state index >= 15 is 0 Å². The Labute approximate surface area is 134 Å². The van der Waals surface area contributed by atoms with Gasteiger partial charge in [0.1, 0.15) is 5.52 Å². The maximum absolute atomic E-state index is 4.40. The molecular weight excluding hydrogens is 284 g/mol. The maximum Gasteiger partial charge on any atom is 0.152 e. The molecule has 0 aliphatic heterocycles. The fraction of sp³-hybridized carbons (Fsp3) is 0.0526. The van der Waals surface area contributed by atoms with Gasteiger partial charge in [-0.25, -0.2) is 9.97 Å². The van der Waals surface area contributed by atoms with Crippen LogP contribution in [0.25, 0.3) is 16.6 Å². The highest BCUT2D eigenvalue weighted by molar-refractivity contribution is 5.67. The Kier molecular flexibility index (Phi) is 3.48. The lowest BCUT2D eigenvalue weighted by Gasteiger charge is -2.09. The molecule has 0 radical (unpaired) electrons. The SMILES string of the molecule is c1ccc(-c2cccc(CNc3nccn4cncc34)c2)cc1. The van der Waals surface area contributed by atoms with E-state index in [0.29, 0.717) is 0 Å². The first-order valence-corrected chi connectivity index (χ1v) is 7.55. The van der Waals surface area contributed by atoms with Crippen molar-refractivity contribution in [2.24, 2.45) is 0 Å². The van der Waals surface area contributed by atoms with Gasteiger partial charge in [-0.15, -0.1) is 0 Å². The van der Waals surface area contributed by atoms with Crippen molar-refractivity contribution in [3.63, 3.8) is 0 Å². The van der Waals surface area contributed by atoms with Crippen LogP contribution in [0.2, 0.25) is 0 Å². The third-order valence-electron chi connectivity index (χ3n) is 3.83. The molecule has 0 aliphatic rings. The smallest absolute Gasteiger partial charge is 0.152 e. The molecule has 0 saturated carbocycles. The van der Waals surface area contributed by atoms with Gasteiger partial charge in [-0.05, 0) is 22.8 Å². The molecule has 4 heteroatoms. The summed E-state index contributed by atoms with van der Waals surface area (Å²) in [5.74, 6) is 0.843. The fourth-order valence-corrected chi connectivity index (χ4v) is 2.67. The number of hydrogen-bond donors (Lipinski definition) is 1. The summed E-state index contributed by atoms with van der Waals surface area (Å²) in [5, 5.41) is 3.40. The van der Waals surface area contributed by atoms with Gasteiger partial charge in [0, 0.05) is 18.9 Å².